The molecule has 1 aliphatic heterocycles. The Morgan fingerprint density at radius 2 is 2.21 bits per heavy atom. The van der Waals surface area contributed by atoms with Gasteiger partial charge in [0.05, 0.1) is 19.8 Å². The second-order valence-corrected chi connectivity index (χ2v) is 4.97. The van der Waals surface area contributed by atoms with E-state index >= 15 is 0 Å². The lowest BCUT2D eigenvalue weighted by atomic mass is 10.2. The van der Waals surface area contributed by atoms with Crippen molar-refractivity contribution in [1.29, 1.82) is 0 Å². The Morgan fingerprint density at radius 1 is 1.42 bits per heavy atom. The summed E-state index contributed by atoms with van der Waals surface area (Å²) in [5.41, 5.74) is 6.39. The van der Waals surface area contributed by atoms with Crippen molar-refractivity contribution in [1.82, 2.24) is 0 Å². The number of hydrogen-bond acceptors (Lipinski definition) is 4. The van der Waals surface area contributed by atoms with Crippen molar-refractivity contribution in [3.8, 4) is 11.5 Å². The summed E-state index contributed by atoms with van der Waals surface area (Å²) in [7, 11) is 1.61. The number of nitrogens with two attached hydrogens (primary N) is 1. The van der Waals surface area contributed by atoms with Crippen LogP contribution < -0.4 is 15.2 Å². The molecule has 1 aromatic rings. The molecule has 0 bridgehead atoms. The monoisotopic (exact) mass is 281 g/mol. The van der Waals surface area contributed by atoms with Gasteiger partial charge in [-0.3, -0.25) is 0 Å². The van der Waals surface area contributed by atoms with Gasteiger partial charge in [0.1, 0.15) is 16.5 Å². The van der Waals surface area contributed by atoms with Gasteiger partial charge in [-0.25, -0.2) is 0 Å². The summed E-state index contributed by atoms with van der Waals surface area (Å²) in [5.74, 6) is 1.41. The second kappa shape index (κ2) is 6.73. The zero-order valence-electron chi connectivity index (χ0n) is 11.1. The Balaban J connectivity index is 1.94. The third-order valence-corrected chi connectivity index (χ3v) is 3.37. The summed E-state index contributed by atoms with van der Waals surface area (Å²) in [5, 5.41) is 0. The molecular weight excluding hydrogens is 262 g/mol. The molecule has 4 nitrogen and oxygen atoms in total. The van der Waals surface area contributed by atoms with E-state index in [1.165, 1.54) is 0 Å². The molecule has 1 unspecified atom stereocenters. The van der Waals surface area contributed by atoms with E-state index < -0.39 is 0 Å². The van der Waals surface area contributed by atoms with Gasteiger partial charge in [0.15, 0.2) is 0 Å². The zero-order valence-corrected chi connectivity index (χ0v) is 11.9. The molecule has 5 heteroatoms. The first kappa shape index (κ1) is 14.1. The van der Waals surface area contributed by atoms with Gasteiger partial charge < -0.3 is 19.9 Å². The number of ether oxygens (including phenoxy) is 3. The van der Waals surface area contributed by atoms with Crippen LogP contribution in [0.15, 0.2) is 18.2 Å². The minimum absolute atomic E-state index is 0.334. The fourth-order valence-corrected chi connectivity index (χ4v) is 2.21. The SMILES string of the molecule is COc1cc(OCCC2CCCO2)cc(C(N)=S)c1. The summed E-state index contributed by atoms with van der Waals surface area (Å²) in [6, 6.07) is 5.47. The van der Waals surface area contributed by atoms with Crippen LogP contribution >= 0.6 is 12.2 Å². The predicted octanol–water partition coefficient (Wildman–Crippen LogP) is 2.28. The molecule has 0 aliphatic carbocycles. The molecule has 2 N–H and O–H groups in total. The van der Waals surface area contributed by atoms with Crippen molar-refractivity contribution >= 4 is 17.2 Å². The fourth-order valence-electron chi connectivity index (χ4n) is 2.10. The standard InChI is InChI=1S/C14H19NO3S/c1-16-12-7-10(14(15)19)8-13(9-12)18-6-4-11-3-2-5-17-11/h7-9,11H,2-6H2,1H3,(H2,15,19). The first-order valence-electron chi connectivity index (χ1n) is 6.42. The van der Waals surface area contributed by atoms with Crippen LogP contribution in [-0.4, -0.2) is 31.4 Å². The van der Waals surface area contributed by atoms with Crippen molar-refractivity contribution in [2.75, 3.05) is 20.3 Å². The topological polar surface area (TPSA) is 53.7 Å². The lowest BCUT2D eigenvalue weighted by Crippen LogP contribution is -2.12. The molecule has 2 rings (SSSR count). The van der Waals surface area contributed by atoms with Gasteiger partial charge in [0, 0.05) is 24.7 Å². The van der Waals surface area contributed by atoms with E-state index in [0.717, 1.165) is 37.2 Å². The Bertz CT molecular complexity index is 444. The summed E-state index contributed by atoms with van der Waals surface area (Å²) in [6.45, 7) is 1.49. The van der Waals surface area contributed by atoms with Gasteiger partial charge in [-0.15, -0.1) is 0 Å². The van der Waals surface area contributed by atoms with Crippen LogP contribution in [0.3, 0.4) is 0 Å². The van der Waals surface area contributed by atoms with E-state index in [-0.39, 0.29) is 0 Å². The molecule has 1 aliphatic rings. The van der Waals surface area contributed by atoms with Gasteiger partial charge in [0.2, 0.25) is 0 Å². The van der Waals surface area contributed by atoms with E-state index in [9.17, 15) is 0 Å². The van der Waals surface area contributed by atoms with E-state index in [4.69, 9.17) is 32.2 Å². The minimum Gasteiger partial charge on any atom is -0.497 e. The highest BCUT2D eigenvalue weighted by Gasteiger charge is 2.15. The average Bonchev–Trinajstić information content (AvgIpc) is 2.91. The molecule has 1 aromatic carbocycles. The Labute approximate surface area is 118 Å². The van der Waals surface area contributed by atoms with Crippen molar-refractivity contribution < 1.29 is 14.2 Å². The maximum Gasteiger partial charge on any atom is 0.123 e. The second-order valence-electron chi connectivity index (χ2n) is 4.53. The molecule has 0 aromatic heterocycles. The molecule has 1 atom stereocenters. The number of thiocarbonyl (C=S) groups is 1. The molecule has 1 heterocycles. The third-order valence-electron chi connectivity index (χ3n) is 3.13. The van der Waals surface area contributed by atoms with Gasteiger partial charge in [-0.1, -0.05) is 12.2 Å². The van der Waals surface area contributed by atoms with Crippen LogP contribution in [0.4, 0.5) is 0 Å². The summed E-state index contributed by atoms with van der Waals surface area (Å²) >= 11 is 4.98. The Hall–Kier alpha value is -1.33. The normalized spacial score (nSPS) is 18.3. The van der Waals surface area contributed by atoms with Crippen LogP contribution in [0.5, 0.6) is 11.5 Å². The number of rotatable bonds is 6. The van der Waals surface area contributed by atoms with E-state index in [2.05, 4.69) is 0 Å². The van der Waals surface area contributed by atoms with Gasteiger partial charge in [-0.2, -0.15) is 0 Å². The average molecular weight is 281 g/mol. The molecular formula is C14H19NO3S. The largest absolute Gasteiger partial charge is 0.497 e. The molecule has 0 spiro atoms. The molecule has 0 amide bonds. The van der Waals surface area contributed by atoms with E-state index in [1.54, 1.807) is 13.2 Å². The molecule has 104 valence electrons. The highest BCUT2D eigenvalue weighted by atomic mass is 32.1. The molecule has 0 saturated carbocycles. The Morgan fingerprint density at radius 3 is 2.84 bits per heavy atom. The lowest BCUT2D eigenvalue weighted by molar-refractivity contribution is 0.0903. The van der Waals surface area contributed by atoms with Crippen molar-refractivity contribution in [2.24, 2.45) is 5.73 Å². The van der Waals surface area contributed by atoms with Gasteiger partial charge in [0.25, 0.3) is 0 Å². The quantitative estimate of drug-likeness (QED) is 0.811. The smallest absolute Gasteiger partial charge is 0.123 e. The van der Waals surface area contributed by atoms with E-state index in [0.29, 0.717) is 23.4 Å². The molecule has 0 radical (unpaired) electrons. The zero-order chi connectivity index (χ0) is 13.7. The van der Waals surface area contributed by atoms with Gasteiger partial charge in [-0.05, 0) is 25.0 Å². The lowest BCUT2D eigenvalue weighted by Gasteiger charge is -2.12. The highest BCUT2D eigenvalue weighted by Crippen LogP contribution is 2.23. The molecule has 19 heavy (non-hydrogen) atoms. The molecule has 1 fully saturated rings. The van der Waals surface area contributed by atoms with Crippen molar-refractivity contribution in [3.63, 3.8) is 0 Å². The maximum atomic E-state index is 5.73. The number of benzene rings is 1. The van der Waals surface area contributed by atoms with Crippen LogP contribution in [0.1, 0.15) is 24.8 Å². The number of hydrogen-bond donors (Lipinski definition) is 1. The Kier molecular flexibility index (Phi) is 4.99. The maximum absolute atomic E-state index is 5.73. The summed E-state index contributed by atoms with van der Waals surface area (Å²) < 4.78 is 16.5. The van der Waals surface area contributed by atoms with E-state index in [1.807, 2.05) is 12.1 Å². The van der Waals surface area contributed by atoms with Crippen LogP contribution in [0.25, 0.3) is 0 Å². The first-order chi connectivity index (χ1) is 9.19. The highest BCUT2D eigenvalue weighted by molar-refractivity contribution is 7.80. The van der Waals surface area contributed by atoms with Crippen molar-refractivity contribution in [3.05, 3.63) is 23.8 Å². The van der Waals surface area contributed by atoms with Crippen LogP contribution in [-0.2, 0) is 4.74 Å². The van der Waals surface area contributed by atoms with Crippen molar-refractivity contribution in [2.45, 2.75) is 25.4 Å². The predicted molar refractivity (Wildman–Crippen MR) is 78.0 cm³/mol. The summed E-state index contributed by atoms with van der Waals surface area (Å²) in [4.78, 5) is 0.336. The first-order valence-corrected chi connectivity index (χ1v) is 6.83. The third kappa shape index (κ3) is 4.08. The van der Waals surface area contributed by atoms with Crippen LogP contribution in [0, 0.1) is 0 Å². The summed E-state index contributed by atoms with van der Waals surface area (Å²) in [6.07, 6.45) is 3.51. The van der Waals surface area contributed by atoms with Gasteiger partial charge >= 0.3 is 0 Å². The fraction of sp³-hybridized carbons (Fsp3) is 0.500. The van der Waals surface area contributed by atoms with Crippen LogP contribution in [0.2, 0.25) is 0 Å². The number of methoxy groups -OCH3 is 1. The minimum atomic E-state index is 0.334. The molecule has 1 saturated heterocycles.